The normalized spacial score (nSPS) is 11.8. The van der Waals surface area contributed by atoms with Gasteiger partial charge in [0, 0.05) is 18.1 Å². The Kier molecular flexibility index (Phi) is 3.21. The fraction of sp³-hybridized carbons (Fsp3) is 0.333. The van der Waals surface area contributed by atoms with Crippen LogP contribution < -0.4 is 5.73 Å². The van der Waals surface area contributed by atoms with E-state index >= 15 is 0 Å². The minimum absolute atomic E-state index is 0.159. The summed E-state index contributed by atoms with van der Waals surface area (Å²) in [6, 6.07) is 0.937. The highest BCUT2D eigenvalue weighted by Crippen LogP contribution is 2.27. The topological polar surface area (TPSA) is 56.7 Å². The van der Waals surface area contributed by atoms with Gasteiger partial charge in [-0.25, -0.2) is 0 Å². The van der Waals surface area contributed by atoms with Gasteiger partial charge < -0.3 is 5.73 Å². The van der Waals surface area contributed by atoms with Crippen LogP contribution in [0.5, 0.6) is 0 Å². The number of halogens is 3. The fourth-order valence-electron chi connectivity index (χ4n) is 1.71. The van der Waals surface area contributed by atoms with Crippen molar-refractivity contribution in [2.75, 3.05) is 5.73 Å². The molecule has 0 aliphatic carbocycles. The number of aromatic nitrogens is 3. The third-order valence-electron chi connectivity index (χ3n) is 2.92. The van der Waals surface area contributed by atoms with Crippen LogP contribution in [0.25, 0.3) is 0 Å². The zero-order valence-corrected chi connectivity index (χ0v) is 10.5. The maximum Gasteiger partial charge on any atom is 0.435 e. The van der Waals surface area contributed by atoms with Gasteiger partial charge in [0.15, 0.2) is 5.69 Å². The van der Waals surface area contributed by atoms with Gasteiger partial charge in [0.25, 0.3) is 0 Å². The molecular weight excluding hydrogens is 257 g/mol. The van der Waals surface area contributed by atoms with Gasteiger partial charge in [0.05, 0.1) is 12.2 Å². The lowest BCUT2D eigenvalue weighted by atomic mass is 10.1. The summed E-state index contributed by atoms with van der Waals surface area (Å²) in [5.41, 5.74) is 7.78. The zero-order valence-electron chi connectivity index (χ0n) is 10.5. The van der Waals surface area contributed by atoms with E-state index in [9.17, 15) is 13.2 Å². The van der Waals surface area contributed by atoms with E-state index in [1.54, 1.807) is 13.1 Å². The number of rotatable bonds is 2. The molecule has 0 aromatic carbocycles. The molecule has 2 N–H and O–H groups in total. The van der Waals surface area contributed by atoms with Gasteiger partial charge in [-0.05, 0) is 31.0 Å². The van der Waals surface area contributed by atoms with Crippen molar-refractivity contribution in [2.24, 2.45) is 0 Å². The Labute approximate surface area is 108 Å². The highest BCUT2D eigenvalue weighted by Gasteiger charge is 2.33. The number of hydrogen-bond acceptors (Lipinski definition) is 3. The number of aryl methyl sites for hydroxylation is 1. The van der Waals surface area contributed by atoms with Crippen LogP contribution in [0.3, 0.4) is 0 Å². The smallest absolute Gasteiger partial charge is 0.398 e. The third-order valence-corrected chi connectivity index (χ3v) is 2.92. The predicted octanol–water partition coefficient (Wildman–Crippen LogP) is 2.54. The molecule has 102 valence electrons. The molecule has 2 rings (SSSR count). The van der Waals surface area contributed by atoms with Crippen molar-refractivity contribution in [3.05, 3.63) is 41.0 Å². The van der Waals surface area contributed by atoms with E-state index in [-0.39, 0.29) is 6.54 Å². The molecule has 0 unspecified atom stereocenters. The van der Waals surface area contributed by atoms with E-state index in [0.717, 1.165) is 17.2 Å². The molecule has 2 aromatic heterocycles. The number of alkyl halides is 3. The second-order valence-electron chi connectivity index (χ2n) is 4.32. The van der Waals surface area contributed by atoms with Crippen molar-refractivity contribution in [3.63, 3.8) is 0 Å². The summed E-state index contributed by atoms with van der Waals surface area (Å²) in [7, 11) is 0. The quantitative estimate of drug-likeness (QED) is 0.912. The van der Waals surface area contributed by atoms with E-state index in [1.165, 1.54) is 10.9 Å². The minimum Gasteiger partial charge on any atom is -0.398 e. The SMILES string of the molecule is Cc1cnc(Cn2ccc(C(F)(F)F)n2)c(C)c1N. The molecule has 0 saturated carbocycles. The standard InChI is InChI=1S/C12H13F3N4/c1-7-5-17-9(8(2)11(7)16)6-19-4-3-10(18-19)12(13,14)15/h3-5H,6H2,1-2H3,(H2,16,17). The van der Waals surface area contributed by atoms with E-state index in [1.807, 2.05) is 6.92 Å². The van der Waals surface area contributed by atoms with E-state index < -0.39 is 11.9 Å². The molecule has 0 bridgehead atoms. The lowest BCUT2D eigenvalue weighted by Crippen LogP contribution is -2.10. The summed E-state index contributed by atoms with van der Waals surface area (Å²) in [6.45, 7) is 3.78. The average molecular weight is 270 g/mol. The van der Waals surface area contributed by atoms with Gasteiger partial charge in [0.2, 0.25) is 0 Å². The number of anilines is 1. The Hall–Kier alpha value is -2.05. The number of nitrogens with zero attached hydrogens (tertiary/aromatic N) is 3. The number of nitrogens with two attached hydrogens (primary N) is 1. The highest BCUT2D eigenvalue weighted by molar-refractivity contribution is 5.53. The molecule has 19 heavy (non-hydrogen) atoms. The van der Waals surface area contributed by atoms with Gasteiger partial charge in [-0.3, -0.25) is 9.67 Å². The van der Waals surface area contributed by atoms with Gasteiger partial charge in [-0.15, -0.1) is 0 Å². The first-order valence-corrected chi connectivity index (χ1v) is 5.60. The highest BCUT2D eigenvalue weighted by atomic mass is 19.4. The molecule has 0 fully saturated rings. The van der Waals surface area contributed by atoms with Crippen molar-refractivity contribution in [2.45, 2.75) is 26.6 Å². The molecule has 7 heteroatoms. The fourth-order valence-corrected chi connectivity index (χ4v) is 1.71. The van der Waals surface area contributed by atoms with Crippen molar-refractivity contribution in [3.8, 4) is 0 Å². The van der Waals surface area contributed by atoms with Crippen LogP contribution in [0, 0.1) is 13.8 Å². The summed E-state index contributed by atoms with van der Waals surface area (Å²) in [6.07, 6.45) is -1.55. The molecule has 0 atom stereocenters. The van der Waals surface area contributed by atoms with Gasteiger partial charge in [-0.2, -0.15) is 18.3 Å². The Morgan fingerprint density at radius 3 is 2.58 bits per heavy atom. The van der Waals surface area contributed by atoms with Gasteiger partial charge >= 0.3 is 6.18 Å². The largest absolute Gasteiger partial charge is 0.435 e. The molecule has 0 amide bonds. The van der Waals surface area contributed by atoms with Crippen LogP contribution in [-0.4, -0.2) is 14.8 Å². The molecule has 0 radical (unpaired) electrons. The monoisotopic (exact) mass is 270 g/mol. The second-order valence-corrected chi connectivity index (χ2v) is 4.32. The van der Waals surface area contributed by atoms with Crippen LogP contribution >= 0.6 is 0 Å². The number of pyridine rings is 1. The first-order chi connectivity index (χ1) is 8.79. The maximum absolute atomic E-state index is 12.4. The molecule has 0 aliphatic heterocycles. The maximum atomic E-state index is 12.4. The second kappa shape index (κ2) is 4.56. The molecule has 2 aromatic rings. The van der Waals surface area contributed by atoms with Crippen molar-refractivity contribution < 1.29 is 13.2 Å². The Morgan fingerprint density at radius 2 is 2.00 bits per heavy atom. The van der Waals surface area contributed by atoms with Crippen molar-refractivity contribution in [1.29, 1.82) is 0 Å². The Bertz CT molecular complexity index is 602. The van der Waals surface area contributed by atoms with Crippen molar-refractivity contribution in [1.82, 2.24) is 14.8 Å². The van der Waals surface area contributed by atoms with E-state index in [4.69, 9.17) is 5.73 Å². The summed E-state index contributed by atoms with van der Waals surface area (Å²) >= 11 is 0. The van der Waals surface area contributed by atoms with Gasteiger partial charge in [0.1, 0.15) is 0 Å². The van der Waals surface area contributed by atoms with Crippen LogP contribution in [0.2, 0.25) is 0 Å². The molecule has 0 saturated heterocycles. The van der Waals surface area contributed by atoms with Crippen LogP contribution in [-0.2, 0) is 12.7 Å². The predicted molar refractivity (Wildman–Crippen MR) is 64.5 cm³/mol. The average Bonchev–Trinajstić information content (AvgIpc) is 2.78. The van der Waals surface area contributed by atoms with Crippen LogP contribution in [0.1, 0.15) is 22.5 Å². The third kappa shape index (κ3) is 2.69. The Morgan fingerprint density at radius 1 is 1.32 bits per heavy atom. The van der Waals surface area contributed by atoms with Crippen LogP contribution in [0.15, 0.2) is 18.5 Å². The van der Waals surface area contributed by atoms with E-state index in [2.05, 4.69) is 10.1 Å². The lowest BCUT2D eigenvalue weighted by Gasteiger charge is -2.10. The number of nitrogen functional groups attached to an aromatic ring is 1. The summed E-state index contributed by atoms with van der Waals surface area (Å²) in [5.74, 6) is 0. The van der Waals surface area contributed by atoms with E-state index in [0.29, 0.717) is 11.4 Å². The lowest BCUT2D eigenvalue weighted by molar-refractivity contribution is -0.141. The van der Waals surface area contributed by atoms with Crippen molar-refractivity contribution >= 4 is 5.69 Å². The molecule has 2 heterocycles. The zero-order chi connectivity index (χ0) is 14.2. The first-order valence-electron chi connectivity index (χ1n) is 5.60. The first kappa shape index (κ1) is 13.4. The molecule has 4 nitrogen and oxygen atoms in total. The minimum atomic E-state index is -4.43. The van der Waals surface area contributed by atoms with Crippen LogP contribution in [0.4, 0.5) is 18.9 Å². The summed E-state index contributed by atoms with van der Waals surface area (Å²) < 4.78 is 38.5. The Balaban J connectivity index is 2.27. The summed E-state index contributed by atoms with van der Waals surface area (Å²) in [4.78, 5) is 4.18. The molecule has 0 aliphatic rings. The summed E-state index contributed by atoms with van der Waals surface area (Å²) in [5, 5.41) is 3.48. The number of hydrogen-bond donors (Lipinski definition) is 1. The molecular formula is C12H13F3N4. The van der Waals surface area contributed by atoms with Gasteiger partial charge in [-0.1, -0.05) is 0 Å². The molecule has 0 spiro atoms.